The Bertz CT molecular complexity index is 300. The van der Waals surface area contributed by atoms with E-state index in [4.69, 9.17) is 14.2 Å². The van der Waals surface area contributed by atoms with Gasteiger partial charge in [0.05, 0.1) is 0 Å². The second-order valence-electron chi connectivity index (χ2n) is 4.10. The van der Waals surface area contributed by atoms with Gasteiger partial charge in [-0.25, -0.2) is 0 Å². The summed E-state index contributed by atoms with van der Waals surface area (Å²) in [5.41, 5.74) is 0. The van der Waals surface area contributed by atoms with Crippen molar-refractivity contribution in [3.63, 3.8) is 0 Å². The molecule has 0 bridgehead atoms. The van der Waals surface area contributed by atoms with Crippen LogP contribution in [-0.4, -0.2) is 37.2 Å². The van der Waals surface area contributed by atoms with Gasteiger partial charge in [0.2, 0.25) is 0 Å². The molecule has 0 saturated heterocycles. The van der Waals surface area contributed by atoms with Crippen LogP contribution in [-0.2, 0) is 28.6 Å². The minimum absolute atomic E-state index is 0.0957. The van der Waals surface area contributed by atoms with Crippen molar-refractivity contribution in [1.82, 2.24) is 0 Å². The highest BCUT2D eigenvalue weighted by Crippen LogP contribution is 2.02. The van der Waals surface area contributed by atoms with Gasteiger partial charge in [0.25, 0.3) is 0 Å². The zero-order valence-electron chi connectivity index (χ0n) is 11.8. The summed E-state index contributed by atoms with van der Waals surface area (Å²) in [5.74, 6) is -1.23. The van der Waals surface area contributed by atoms with Crippen LogP contribution >= 0.6 is 0 Å². The number of hydrogen-bond donors (Lipinski definition) is 0. The number of hydrogen-bond acceptors (Lipinski definition) is 6. The zero-order chi connectivity index (χ0) is 14.7. The maximum absolute atomic E-state index is 11.4. The second-order valence-corrected chi connectivity index (χ2v) is 4.10. The summed E-state index contributed by atoms with van der Waals surface area (Å²) < 4.78 is 14.8. The zero-order valence-corrected chi connectivity index (χ0v) is 11.8. The van der Waals surface area contributed by atoms with Crippen LogP contribution in [0.3, 0.4) is 0 Å². The van der Waals surface area contributed by atoms with Crippen molar-refractivity contribution in [2.75, 3.05) is 13.2 Å². The maximum atomic E-state index is 11.4. The van der Waals surface area contributed by atoms with Crippen LogP contribution in [0.2, 0.25) is 0 Å². The quantitative estimate of drug-likeness (QED) is 0.469. The molecular formula is C13H22O6. The summed E-state index contributed by atoms with van der Waals surface area (Å²) in [6, 6.07) is 0. The third kappa shape index (κ3) is 10.1. The Labute approximate surface area is 113 Å². The molecule has 0 aromatic carbocycles. The van der Waals surface area contributed by atoms with E-state index >= 15 is 0 Å². The van der Waals surface area contributed by atoms with E-state index in [9.17, 15) is 14.4 Å². The van der Waals surface area contributed by atoms with E-state index in [1.54, 1.807) is 0 Å². The molecule has 0 aromatic heterocycles. The lowest BCUT2D eigenvalue weighted by molar-refractivity contribution is -0.166. The molecule has 0 aromatic rings. The van der Waals surface area contributed by atoms with Crippen LogP contribution in [0.25, 0.3) is 0 Å². The van der Waals surface area contributed by atoms with Crippen LogP contribution in [0.4, 0.5) is 0 Å². The molecule has 6 nitrogen and oxygen atoms in total. The van der Waals surface area contributed by atoms with Gasteiger partial charge in [0.1, 0.15) is 13.2 Å². The fourth-order valence-corrected chi connectivity index (χ4v) is 1.24. The van der Waals surface area contributed by atoms with E-state index in [-0.39, 0.29) is 25.6 Å². The second kappa shape index (κ2) is 10.3. The monoisotopic (exact) mass is 274 g/mol. The van der Waals surface area contributed by atoms with Gasteiger partial charge in [0, 0.05) is 19.8 Å². The van der Waals surface area contributed by atoms with E-state index in [0.717, 1.165) is 0 Å². The fourth-order valence-electron chi connectivity index (χ4n) is 1.24. The standard InChI is InChI=1S/C13H22O6/c1-4-6-12(15)18-9-11(8-17-10(3)14)19-13(16)7-5-2/h11H,4-9H2,1-3H3. The molecule has 0 fully saturated rings. The van der Waals surface area contributed by atoms with Gasteiger partial charge in [-0.3, -0.25) is 14.4 Å². The molecular weight excluding hydrogens is 252 g/mol. The molecule has 0 amide bonds. The van der Waals surface area contributed by atoms with Crippen LogP contribution in [0, 0.1) is 0 Å². The first kappa shape index (κ1) is 17.4. The first-order valence-electron chi connectivity index (χ1n) is 6.48. The van der Waals surface area contributed by atoms with Crippen LogP contribution in [0.15, 0.2) is 0 Å². The van der Waals surface area contributed by atoms with Crippen molar-refractivity contribution in [1.29, 1.82) is 0 Å². The Morgan fingerprint density at radius 1 is 0.895 bits per heavy atom. The lowest BCUT2D eigenvalue weighted by Gasteiger charge is -2.17. The van der Waals surface area contributed by atoms with Gasteiger partial charge in [-0.1, -0.05) is 13.8 Å². The molecule has 0 aliphatic carbocycles. The number of ether oxygens (including phenoxy) is 3. The maximum Gasteiger partial charge on any atom is 0.306 e. The molecule has 0 spiro atoms. The Kier molecular flexibility index (Phi) is 9.48. The summed E-state index contributed by atoms with van der Waals surface area (Å²) in [7, 11) is 0. The number of carbonyl (C=O) groups excluding carboxylic acids is 3. The minimum atomic E-state index is -0.747. The molecule has 1 atom stereocenters. The van der Waals surface area contributed by atoms with Gasteiger partial charge in [0.15, 0.2) is 6.10 Å². The van der Waals surface area contributed by atoms with Gasteiger partial charge in [-0.15, -0.1) is 0 Å². The van der Waals surface area contributed by atoms with E-state index in [0.29, 0.717) is 19.3 Å². The van der Waals surface area contributed by atoms with Gasteiger partial charge < -0.3 is 14.2 Å². The number of rotatable bonds is 9. The topological polar surface area (TPSA) is 78.9 Å². The van der Waals surface area contributed by atoms with Crippen molar-refractivity contribution in [2.24, 2.45) is 0 Å². The molecule has 0 heterocycles. The first-order valence-corrected chi connectivity index (χ1v) is 6.48. The molecule has 0 rings (SSSR count). The van der Waals surface area contributed by atoms with E-state index < -0.39 is 18.0 Å². The lowest BCUT2D eigenvalue weighted by Crippen LogP contribution is -2.30. The predicted molar refractivity (Wildman–Crippen MR) is 67.3 cm³/mol. The molecule has 110 valence electrons. The average Bonchev–Trinajstić information content (AvgIpc) is 2.33. The predicted octanol–water partition coefficient (Wildman–Crippen LogP) is 1.60. The third-order valence-corrected chi connectivity index (χ3v) is 2.11. The van der Waals surface area contributed by atoms with E-state index in [1.165, 1.54) is 6.92 Å². The molecule has 0 N–H and O–H groups in total. The molecule has 19 heavy (non-hydrogen) atoms. The van der Waals surface area contributed by atoms with Gasteiger partial charge in [-0.2, -0.15) is 0 Å². The summed E-state index contributed by atoms with van der Waals surface area (Å²) in [5, 5.41) is 0. The van der Waals surface area contributed by atoms with Crippen molar-refractivity contribution in [3.05, 3.63) is 0 Å². The molecule has 6 heteroatoms. The molecule has 0 saturated carbocycles. The third-order valence-electron chi connectivity index (χ3n) is 2.11. The summed E-state index contributed by atoms with van der Waals surface area (Å²) in [6.45, 7) is 4.77. The Hall–Kier alpha value is -1.59. The highest BCUT2D eigenvalue weighted by atomic mass is 16.6. The molecule has 0 radical (unpaired) electrons. The Morgan fingerprint density at radius 2 is 1.42 bits per heavy atom. The Morgan fingerprint density at radius 3 is 1.95 bits per heavy atom. The van der Waals surface area contributed by atoms with Crippen LogP contribution in [0.5, 0.6) is 0 Å². The normalized spacial score (nSPS) is 11.5. The molecule has 0 aliphatic rings. The smallest absolute Gasteiger partial charge is 0.306 e. The van der Waals surface area contributed by atoms with Crippen molar-refractivity contribution >= 4 is 17.9 Å². The van der Waals surface area contributed by atoms with Gasteiger partial charge >= 0.3 is 17.9 Å². The number of esters is 3. The Balaban J connectivity index is 4.20. The lowest BCUT2D eigenvalue weighted by atomic mass is 10.3. The average molecular weight is 274 g/mol. The van der Waals surface area contributed by atoms with E-state index in [1.807, 2.05) is 13.8 Å². The molecule has 1 unspecified atom stereocenters. The highest BCUT2D eigenvalue weighted by molar-refractivity contribution is 5.70. The summed E-state index contributed by atoms with van der Waals surface area (Å²) in [4.78, 5) is 33.3. The van der Waals surface area contributed by atoms with E-state index in [2.05, 4.69) is 0 Å². The van der Waals surface area contributed by atoms with Crippen LogP contribution < -0.4 is 0 Å². The summed E-state index contributed by atoms with van der Waals surface area (Å²) in [6.07, 6.45) is 1.18. The largest absolute Gasteiger partial charge is 0.462 e. The van der Waals surface area contributed by atoms with Crippen LogP contribution in [0.1, 0.15) is 46.5 Å². The van der Waals surface area contributed by atoms with Crippen molar-refractivity contribution in [3.8, 4) is 0 Å². The van der Waals surface area contributed by atoms with Crippen molar-refractivity contribution < 1.29 is 28.6 Å². The SMILES string of the molecule is CCCC(=O)OCC(COC(C)=O)OC(=O)CCC. The fraction of sp³-hybridized carbons (Fsp3) is 0.769. The molecule has 0 aliphatic heterocycles. The minimum Gasteiger partial charge on any atom is -0.462 e. The van der Waals surface area contributed by atoms with Crippen molar-refractivity contribution in [2.45, 2.75) is 52.6 Å². The van der Waals surface area contributed by atoms with Gasteiger partial charge in [-0.05, 0) is 12.8 Å². The number of carbonyl (C=O) groups is 3. The first-order chi connectivity index (χ1) is 8.99. The highest BCUT2D eigenvalue weighted by Gasteiger charge is 2.18. The summed E-state index contributed by atoms with van der Waals surface area (Å²) >= 11 is 0.